The Kier molecular flexibility index (Phi) is 7.87. The van der Waals surface area contributed by atoms with E-state index in [0.29, 0.717) is 74.8 Å². The Labute approximate surface area is 246 Å². The third-order valence-corrected chi connectivity index (χ3v) is 9.12. The maximum absolute atomic E-state index is 13.6. The van der Waals surface area contributed by atoms with Gasteiger partial charge < -0.3 is 20.6 Å². The van der Waals surface area contributed by atoms with Gasteiger partial charge in [-0.3, -0.25) is 14.5 Å². The predicted molar refractivity (Wildman–Crippen MR) is 157 cm³/mol. The van der Waals surface area contributed by atoms with Crippen LogP contribution in [0.4, 0.5) is 17.3 Å². The average Bonchev–Trinajstić information content (AvgIpc) is 3.40. The van der Waals surface area contributed by atoms with E-state index in [1.54, 1.807) is 23.1 Å². The normalized spacial score (nSPS) is 19.6. The summed E-state index contributed by atoms with van der Waals surface area (Å²) in [5.41, 5.74) is 3.18. The molecular formula is C28H28Cl2N6O3S. The first kappa shape index (κ1) is 27.3. The van der Waals surface area contributed by atoms with Crippen LogP contribution in [0.5, 0.6) is 0 Å². The number of thioether (sulfide) groups is 1. The average molecular weight is 600 g/mol. The number of anilines is 3. The molecule has 0 spiro atoms. The molecule has 208 valence electrons. The van der Waals surface area contributed by atoms with Gasteiger partial charge >= 0.3 is 0 Å². The van der Waals surface area contributed by atoms with E-state index >= 15 is 0 Å². The number of benzene rings is 2. The minimum atomic E-state index is -0.485. The topological polar surface area (TPSA) is 111 Å². The molecule has 0 bridgehead atoms. The van der Waals surface area contributed by atoms with Crippen LogP contribution in [0.2, 0.25) is 10.0 Å². The largest absolute Gasteiger partial charge is 0.391 e. The number of para-hydroxylation sites is 1. The van der Waals surface area contributed by atoms with Gasteiger partial charge in [-0.1, -0.05) is 47.1 Å². The number of likely N-dealkylation sites (tertiary alicyclic amines) is 1. The van der Waals surface area contributed by atoms with Crippen LogP contribution in [0.3, 0.4) is 0 Å². The molecule has 2 amide bonds. The molecule has 2 fully saturated rings. The first-order chi connectivity index (χ1) is 19.4. The summed E-state index contributed by atoms with van der Waals surface area (Å²) in [5.74, 6) is 0.574. The minimum absolute atomic E-state index is 0.0698. The molecule has 0 saturated carbocycles. The Morgan fingerprint density at radius 1 is 1.12 bits per heavy atom. The quantitative estimate of drug-likeness (QED) is 0.355. The molecule has 12 heteroatoms. The number of piperidine rings is 1. The van der Waals surface area contributed by atoms with Crippen LogP contribution >= 0.6 is 35.0 Å². The highest BCUT2D eigenvalue weighted by molar-refractivity contribution is 7.99. The molecule has 1 aromatic heterocycles. The van der Waals surface area contributed by atoms with Crippen LogP contribution < -0.4 is 15.5 Å². The van der Waals surface area contributed by atoms with E-state index in [0.717, 1.165) is 31.5 Å². The van der Waals surface area contributed by atoms with Gasteiger partial charge in [0.2, 0.25) is 5.95 Å². The van der Waals surface area contributed by atoms with E-state index in [4.69, 9.17) is 23.2 Å². The molecule has 1 unspecified atom stereocenters. The molecule has 40 heavy (non-hydrogen) atoms. The van der Waals surface area contributed by atoms with Crippen molar-refractivity contribution in [1.29, 1.82) is 0 Å². The van der Waals surface area contributed by atoms with Crippen LogP contribution in [0, 0.1) is 0 Å². The van der Waals surface area contributed by atoms with Gasteiger partial charge in [-0.05, 0) is 68.1 Å². The van der Waals surface area contributed by atoms with Gasteiger partial charge in [0.15, 0.2) is 0 Å². The van der Waals surface area contributed by atoms with Gasteiger partial charge in [0.05, 0.1) is 33.3 Å². The summed E-state index contributed by atoms with van der Waals surface area (Å²) in [6.07, 6.45) is 3.53. The second kappa shape index (κ2) is 11.5. The molecule has 2 saturated heterocycles. The van der Waals surface area contributed by atoms with Crippen molar-refractivity contribution in [2.24, 2.45) is 0 Å². The fourth-order valence-electron chi connectivity index (χ4n) is 5.46. The third kappa shape index (κ3) is 5.38. The number of hydrogen-bond acceptors (Lipinski definition) is 8. The van der Waals surface area contributed by atoms with E-state index < -0.39 is 6.10 Å². The molecule has 0 aliphatic carbocycles. The third-order valence-electron chi connectivity index (χ3n) is 7.54. The summed E-state index contributed by atoms with van der Waals surface area (Å²) >= 11 is 14.1. The lowest BCUT2D eigenvalue weighted by molar-refractivity contribution is 0.0763. The zero-order chi connectivity index (χ0) is 27.8. The molecule has 3 aliphatic heterocycles. The number of aliphatic hydroxyl groups excluding tert-OH is 1. The highest BCUT2D eigenvalue weighted by atomic mass is 35.5. The first-order valence-electron chi connectivity index (χ1n) is 13.2. The summed E-state index contributed by atoms with van der Waals surface area (Å²) in [7, 11) is 0. The smallest absolute Gasteiger partial charge is 0.263 e. The summed E-state index contributed by atoms with van der Waals surface area (Å²) in [6, 6.07) is 10.9. The minimum Gasteiger partial charge on any atom is -0.391 e. The number of rotatable bonds is 5. The van der Waals surface area contributed by atoms with Crippen LogP contribution in [0.25, 0.3) is 0 Å². The van der Waals surface area contributed by atoms with Gasteiger partial charge in [-0.15, -0.1) is 0 Å². The van der Waals surface area contributed by atoms with Crippen LogP contribution in [-0.2, 0) is 0 Å². The number of hydrogen-bond donors (Lipinski definition) is 3. The first-order valence-corrected chi connectivity index (χ1v) is 15.0. The van der Waals surface area contributed by atoms with Gasteiger partial charge in [-0.2, -0.15) is 0 Å². The van der Waals surface area contributed by atoms with Crippen molar-refractivity contribution in [1.82, 2.24) is 20.2 Å². The number of carbonyl (C=O) groups excluding carboxylic acids is 2. The second-order valence-electron chi connectivity index (χ2n) is 10.1. The maximum Gasteiger partial charge on any atom is 0.263 e. The van der Waals surface area contributed by atoms with E-state index in [2.05, 4.69) is 20.6 Å². The van der Waals surface area contributed by atoms with Gasteiger partial charge in [0.1, 0.15) is 5.03 Å². The van der Waals surface area contributed by atoms with Crippen molar-refractivity contribution in [2.45, 2.75) is 36.3 Å². The SMILES string of the molecule is O=C(c1cc(Nc2ncc3c(n2)SCN(c2c(Cl)cccc2Cl)C3=O)ccc1C1CCNCC1)N1CCC(O)C1. The standard InChI is InChI=1S/C28H28Cl2N6O3S/c29-22-2-1-3-23(30)24(22)36-15-40-25-21(27(36)39)13-32-28(34-25)33-17-4-5-19(16-6-9-31-10-7-16)20(12-17)26(38)35-11-8-18(37)14-35/h1-5,12-13,16,18,31,37H,6-11,14-15H2,(H,32,33,34). The molecule has 3 N–H and O–H groups in total. The van der Waals surface area contributed by atoms with Gasteiger partial charge in [0, 0.05) is 30.5 Å². The zero-order valence-electron chi connectivity index (χ0n) is 21.6. The maximum atomic E-state index is 13.6. The fourth-order valence-corrected chi connectivity index (χ4v) is 7.01. The Bertz CT molecular complexity index is 1450. The van der Waals surface area contributed by atoms with Crippen molar-refractivity contribution < 1.29 is 14.7 Å². The Balaban J connectivity index is 1.26. The van der Waals surface area contributed by atoms with Crippen molar-refractivity contribution in [2.75, 3.05) is 42.3 Å². The number of fused-ring (bicyclic) bond motifs is 1. The number of nitrogens with zero attached hydrogens (tertiary/aromatic N) is 4. The molecule has 3 aliphatic rings. The molecule has 0 radical (unpaired) electrons. The summed E-state index contributed by atoms with van der Waals surface area (Å²) in [4.78, 5) is 39.1. The molecule has 3 aromatic rings. The number of β-amino-alcohol motifs (C(OH)–C–C–N with tert-alkyl or cyclic N) is 1. The number of carbonyl (C=O) groups is 2. The monoisotopic (exact) mass is 598 g/mol. The highest BCUT2D eigenvalue weighted by Gasteiger charge is 2.32. The van der Waals surface area contributed by atoms with Gasteiger partial charge in [0.25, 0.3) is 11.8 Å². The predicted octanol–water partition coefficient (Wildman–Crippen LogP) is 4.91. The molecule has 1 atom stereocenters. The Morgan fingerprint density at radius 2 is 1.90 bits per heavy atom. The summed E-state index contributed by atoms with van der Waals surface area (Å²) in [5, 5.41) is 18.0. The molecular weight excluding hydrogens is 571 g/mol. The van der Waals surface area contributed by atoms with Crippen LogP contribution in [0.15, 0.2) is 47.6 Å². The second-order valence-corrected chi connectivity index (χ2v) is 11.9. The van der Waals surface area contributed by atoms with E-state index in [1.165, 1.54) is 22.9 Å². The number of aromatic nitrogens is 2. The Hall–Kier alpha value is -2.89. The lowest BCUT2D eigenvalue weighted by Crippen LogP contribution is -2.35. The van der Waals surface area contributed by atoms with Crippen LogP contribution in [0.1, 0.15) is 51.5 Å². The number of halogens is 2. The summed E-state index contributed by atoms with van der Waals surface area (Å²) in [6.45, 7) is 2.72. The fraction of sp³-hybridized carbons (Fsp3) is 0.357. The van der Waals surface area contributed by atoms with Crippen LogP contribution in [-0.4, -0.2) is 69.9 Å². The van der Waals surface area contributed by atoms with Crippen molar-refractivity contribution in [3.63, 3.8) is 0 Å². The summed E-state index contributed by atoms with van der Waals surface area (Å²) < 4.78 is 0. The van der Waals surface area contributed by atoms with Crippen molar-refractivity contribution >= 4 is 64.1 Å². The van der Waals surface area contributed by atoms with E-state index in [1.807, 2.05) is 18.2 Å². The number of nitrogens with one attached hydrogen (secondary N) is 2. The number of aliphatic hydroxyl groups is 1. The van der Waals surface area contributed by atoms with E-state index in [-0.39, 0.29) is 11.8 Å². The lowest BCUT2D eigenvalue weighted by Gasteiger charge is -2.28. The van der Waals surface area contributed by atoms with E-state index in [9.17, 15) is 14.7 Å². The molecule has 9 nitrogen and oxygen atoms in total. The van der Waals surface area contributed by atoms with Gasteiger partial charge in [-0.25, -0.2) is 9.97 Å². The number of amides is 2. The molecule has 2 aromatic carbocycles. The molecule has 6 rings (SSSR count). The van der Waals surface area contributed by atoms with Crippen molar-refractivity contribution in [3.8, 4) is 0 Å². The zero-order valence-corrected chi connectivity index (χ0v) is 23.9. The lowest BCUT2D eigenvalue weighted by atomic mass is 9.86. The molecule has 4 heterocycles. The Morgan fingerprint density at radius 3 is 2.62 bits per heavy atom. The highest BCUT2D eigenvalue weighted by Crippen LogP contribution is 2.39. The van der Waals surface area contributed by atoms with Crippen molar-refractivity contribution in [3.05, 3.63) is 69.3 Å².